The van der Waals surface area contributed by atoms with Crippen molar-refractivity contribution in [2.75, 3.05) is 16.8 Å². The number of benzene rings is 1. The third-order valence-corrected chi connectivity index (χ3v) is 5.48. The van der Waals surface area contributed by atoms with Gasteiger partial charge in [0.1, 0.15) is 10.7 Å². The predicted molar refractivity (Wildman–Crippen MR) is 94.9 cm³/mol. The summed E-state index contributed by atoms with van der Waals surface area (Å²) in [5, 5.41) is 2.80. The van der Waals surface area contributed by atoms with E-state index in [9.17, 15) is 13.2 Å². The van der Waals surface area contributed by atoms with Gasteiger partial charge in [0.15, 0.2) is 0 Å². The number of carbonyl (C=O) groups excluding carboxylic acids is 1. The first-order valence-corrected chi connectivity index (χ1v) is 9.82. The molecule has 1 aliphatic heterocycles. The summed E-state index contributed by atoms with van der Waals surface area (Å²) in [5.74, 6) is 0.954. The lowest BCUT2D eigenvalue weighted by atomic mass is 10.1. The van der Waals surface area contributed by atoms with Crippen molar-refractivity contribution in [2.45, 2.75) is 44.9 Å². The second kappa shape index (κ2) is 6.20. The lowest BCUT2D eigenvalue weighted by Crippen LogP contribution is -2.38. The first-order valence-electron chi connectivity index (χ1n) is 8.38. The van der Waals surface area contributed by atoms with Gasteiger partial charge in [-0.05, 0) is 37.0 Å². The largest absolute Gasteiger partial charge is 0.328 e. The minimum Gasteiger partial charge on any atom is -0.328 e. The van der Waals surface area contributed by atoms with Crippen molar-refractivity contribution in [3.8, 4) is 0 Å². The van der Waals surface area contributed by atoms with Crippen LogP contribution in [0.1, 0.15) is 40.0 Å². The van der Waals surface area contributed by atoms with E-state index in [0.29, 0.717) is 36.1 Å². The normalized spacial score (nSPS) is 19.0. The van der Waals surface area contributed by atoms with Crippen molar-refractivity contribution in [3.63, 3.8) is 0 Å². The van der Waals surface area contributed by atoms with E-state index in [1.807, 2.05) is 11.8 Å². The Balaban J connectivity index is 1.99. The molecule has 1 heterocycles. The number of rotatable bonds is 5. The maximum absolute atomic E-state index is 12.5. The van der Waals surface area contributed by atoms with Crippen LogP contribution in [0.2, 0.25) is 0 Å². The van der Waals surface area contributed by atoms with E-state index in [0.717, 1.165) is 12.8 Å². The van der Waals surface area contributed by atoms with Crippen LogP contribution in [-0.4, -0.2) is 26.7 Å². The van der Waals surface area contributed by atoms with E-state index in [2.05, 4.69) is 23.6 Å². The molecular weight excluding hydrogens is 326 g/mol. The molecule has 0 unspecified atom stereocenters. The Morgan fingerprint density at radius 3 is 2.67 bits per heavy atom. The van der Waals surface area contributed by atoms with Gasteiger partial charge in [0.2, 0.25) is 5.91 Å². The molecule has 24 heavy (non-hydrogen) atoms. The Kier molecular flexibility index (Phi) is 4.38. The summed E-state index contributed by atoms with van der Waals surface area (Å²) in [6, 6.07) is 5.05. The molecule has 1 aromatic rings. The highest BCUT2D eigenvalue weighted by Crippen LogP contribution is 2.36. The number of anilines is 2. The zero-order valence-corrected chi connectivity index (χ0v) is 15.1. The molecule has 0 spiro atoms. The molecule has 0 atom stereocenters. The van der Waals surface area contributed by atoms with Crippen LogP contribution in [0.5, 0.6) is 0 Å². The summed E-state index contributed by atoms with van der Waals surface area (Å²) >= 11 is 0. The van der Waals surface area contributed by atoms with Crippen LogP contribution in [0.3, 0.4) is 0 Å². The van der Waals surface area contributed by atoms with E-state index >= 15 is 0 Å². The highest BCUT2D eigenvalue weighted by molar-refractivity contribution is 7.90. The summed E-state index contributed by atoms with van der Waals surface area (Å²) in [7, 11) is -3.74. The van der Waals surface area contributed by atoms with Crippen LogP contribution >= 0.6 is 0 Å². The van der Waals surface area contributed by atoms with E-state index in [4.69, 9.17) is 0 Å². The molecule has 1 saturated carbocycles. The van der Waals surface area contributed by atoms with E-state index in [1.165, 1.54) is 6.07 Å². The summed E-state index contributed by atoms with van der Waals surface area (Å²) in [6.07, 6.45) is 2.36. The third-order valence-electron chi connectivity index (χ3n) is 4.15. The Labute approximate surface area is 143 Å². The molecule has 1 aromatic carbocycles. The standard InChI is InChI=1S/C17H23N3O3S/c1-4-16-19-24(22,23)15-9-13(18-17(21)12-5-6-12)7-8-14(15)20(16)10-11(2)3/h7-9,11-12H,4-6,10H2,1-3H3,(H,18,21). The van der Waals surface area contributed by atoms with Gasteiger partial charge in [0.25, 0.3) is 10.0 Å². The highest BCUT2D eigenvalue weighted by Gasteiger charge is 2.32. The number of hydrogen-bond donors (Lipinski definition) is 1. The fourth-order valence-corrected chi connectivity index (χ4v) is 4.13. The molecule has 1 N–H and O–H groups in total. The molecular formula is C17H23N3O3S. The highest BCUT2D eigenvalue weighted by atomic mass is 32.2. The smallest absolute Gasteiger partial charge is 0.286 e. The lowest BCUT2D eigenvalue weighted by Gasteiger charge is -2.32. The molecule has 1 fully saturated rings. The maximum Gasteiger partial charge on any atom is 0.286 e. The monoisotopic (exact) mass is 349 g/mol. The SMILES string of the molecule is CCC1=NS(=O)(=O)c2cc(NC(=O)C3CC3)ccc2N1CC(C)C. The Morgan fingerprint density at radius 2 is 2.08 bits per heavy atom. The van der Waals surface area contributed by atoms with Gasteiger partial charge in [0, 0.05) is 24.6 Å². The van der Waals surface area contributed by atoms with Gasteiger partial charge in [-0.2, -0.15) is 8.42 Å². The summed E-state index contributed by atoms with van der Waals surface area (Å²) in [4.78, 5) is 14.0. The average molecular weight is 349 g/mol. The fraction of sp³-hybridized carbons (Fsp3) is 0.529. The van der Waals surface area contributed by atoms with Gasteiger partial charge in [-0.15, -0.1) is 4.40 Å². The molecule has 0 aromatic heterocycles. The molecule has 2 aliphatic rings. The number of fused-ring (bicyclic) bond motifs is 1. The summed E-state index contributed by atoms with van der Waals surface area (Å²) in [6.45, 7) is 6.76. The van der Waals surface area contributed by atoms with Crippen LogP contribution in [0.15, 0.2) is 27.5 Å². The molecule has 0 bridgehead atoms. The lowest BCUT2D eigenvalue weighted by molar-refractivity contribution is -0.117. The molecule has 6 nitrogen and oxygen atoms in total. The summed E-state index contributed by atoms with van der Waals surface area (Å²) in [5.41, 5.74) is 1.15. The molecule has 130 valence electrons. The van der Waals surface area contributed by atoms with Crippen LogP contribution in [0.25, 0.3) is 0 Å². The molecule has 0 radical (unpaired) electrons. The van der Waals surface area contributed by atoms with Gasteiger partial charge < -0.3 is 10.2 Å². The number of hydrogen-bond acceptors (Lipinski definition) is 4. The van der Waals surface area contributed by atoms with E-state index in [-0.39, 0.29) is 16.7 Å². The minimum atomic E-state index is -3.74. The predicted octanol–water partition coefficient (Wildman–Crippen LogP) is 3.01. The molecule has 3 rings (SSSR count). The van der Waals surface area contributed by atoms with Crippen LogP contribution < -0.4 is 10.2 Å². The second-order valence-corrected chi connectivity index (χ2v) is 8.36. The second-order valence-electron chi connectivity index (χ2n) is 6.79. The average Bonchev–Trinajstić information content (AvgIpc) is 3.34. The fourth-order valence-electron chi connectivity index (χ4n) is 2.81. The van der Waals surface area contributed by atoms with Gasteiger partial charge in [-0.25, -0.2) is 0 Å². The van der Waals surface area contributed by atoms with Crippen molar-refractivity contribution < 1.29 is 13.2 Å². The minimum absolute atomic E-state index is 0.0417. The molecule has 0 saturated heterocycles. The first-order chi connectivity index (χ1) is 11.3. The maximum atomic E-state index is 12.5. The topological polar surface area (TPSA) is 78.8 Å². The Bertz CT molecular complexity index is 795. The van der Waals surface area contributed by atoms with Crippen LogP contribution in [0, 0.1) is 11.8 Å². The van der Waals surface area contributed by atoms with Crippen molar-refractivity contribution in [1.82, 2.24) is 0 Å². The third kappa shape index (κ3) is 3.31. The molecule has 7 heteroatoms. The van der Waals surface area contributed by atoms with E-state index in [1.54, 1.807) is 12.1 Å². The number of carbonyl (C=O) groups is 1. The molecule has 1 amide bonds. The number of sulfonamides is 1. The number of amidine groups is 1. The zero-order chi connectivity index (χ0) is 17.5. The number of amides is 1. The Morgan fingerprint density at radius 1 is 1.38 bits per heavy atom. The van der Waals surface area contributed by atoms with E-state index < -0.39 is 10.0 Å². The zero-order valence-electron chi connectivity index (χ0n) is 14.2. The first kappa shape index (κ1) is 17.0. The van der Waals surface area contributed by atoms with Crippen LogP contribution in [-0.2, 0) is 14.8 Å². The molecule has 1 aliphatic carbocycles. The van der Waals surface area contributed by atoms with Crippen LogP contribution in [0.4, 0.5) is 11.4 Å². The summed E-state index contributed by atoms with van der Waals surface area (Å²) < 4.78 is 29.0. The van der Waals surface area contributed by atoms with Crippen molar-refractivity contribution in [2.24, 2.45) is 16.2 Å². The Hall–Kier alpha value is -1.89. The number of nitrogens with zero attached hydrogens (tertiary/aromatic N) is 2. The number of nitrogens with one attached hydrogen (secondary N) is 1. The van der Waals surface area contributed by atoms with Gasteiger partial charge in [0.05, 0.1) is 5.69 Å². The van der Waals surface area contributed by atoms with Gasteiger partial charge in [-0.1, -0.05) is 20.8 Å². The van der Waals surface area contributed by atoms with Crippen molar-refractivity contribution >= 4 is 33.1 Å². The van der Waals surface area contributed by atoms with Crippen molar-refractivity contribution in [1.29, 1.82) is 0 Å². The quantitative estimate of drug-likeness (QED) is 0.886. The van der Waals surface area contributed by atoms with Crippen molar-refractivity contribution in [3.05, 3.63) is 18.2 Å². The van der Waals surface area contributed by atoms with Gasteiger partial charge >= 0.3 is 0 Å². The van der Waals surface area contributed by atoms with Gasteiger partial charge in [-0.3, -0.25) is 4.79 Å².